The fourth-order valence-corrected chi connectivity index (χ4v) is 3.68. The third-order valence-electron chi connectivity index (χ3n) is 5.16. The van der Waals surface area contributed by atoms with Gasteiger partial charge in [-0.15, -0.1) is 0 Å². The van der Waals surface area contributed by atoms with Crippen LogP contribution in [0.5, 0.6) is 5.75 Å². The predicted octanol–water partition coefficient (Wildman–Crippen LogP) is 3.22. The first-order valence-corrected chi connectivity index (χ1v) is 10.2. The molecule has 7 nitrogen and oxygen atoms in total. The standard InChI is InChI=1S/C22H24ClN3O4/c1-4-25(5-2)11-10-24-20(27)16-12-17(23)18(13-19(16)30-3)26-21(28)14-8-6-7-9-15(14)22(26)29/h6-9,12-13H,4-5,10-11H2,1-3H3,(H,24,27). The molecule has 30 heavy (non-hydrogen) atoms. The number of fused-ring (bicyclic) bond motifs is 1. The van der Waals surface area contributed by atoms with Gasteiger partial charge in [0.25, 0.3) is 17.7 Å². The highest BCUT2D eigenvalue weighted by atomic mass is 35.5. The summed E-state index contributed by atoms with van der Waals surface area (Å²) in [6.07, 6.45) is 0. The van der Waals surface area contributed by atoms with Crippen LogP contribution in [0.1, 0.15) is 44.9 Å². The number of imide groups is 1. The molecule has 0 atom stereocenters. The lowest BCUT2D eigenvalue weighted by Crippen LogP contribution is -2.35. The molecule has 3 rings (SSSR count). The lowest BCUT2D eigenvalue weighted by Gasteiger charge is -2.20. The zero-order valence-corrected chi connectivity index (χ0v) is 18.0. The SMILES string of the molecule is CCN(CC)CCNC(=O)c1cc(Cl)c(N2C(=O)c3ccccc3C2=O)cc1OC. The van der Waals surface area contributed by atoms with Crippen molar-refractivity contribution in [3.8, 4) is 5.75 Å². The van der Waals surface area contributed by atoms with Gasteiger partial charge in [-0.05, 0) is 31.3 Å². The molecule has 0 fully saturated rings. The lowest BCUT2D eigenvalue weighted by atomic mass is 10.1. The lowest BCUT2D eigenvalue weighted by molar-refractivity contribution is 0.0922. The Labute approximate surface area is 180 Å². The van der Waals surface area contributed by atoms with E-state index in [9.17, 15) is 14.4 Å². The Morgan fingerprint density at radius 3 is 2.23 bits per heavy atom. The Kier molecular flexibility index (Phi) is 6.74. The second-order valence-electron chi connectivity index (χ2n) is 6.78. The van der Waals surface area contributed by atoms with Crippen molar-refractivity contribution in [2.24, 2.45) is 0 Å². The number of methoxy groups -OCH3 is 1. The number of anilines is 1. The smallest absolute Gasteiger partial charge is 0.266 e. The van der Waals surface area contributed by atoms with Crippen LogP contribution >= 0.6 is 11.6 Å². The van der Waals surface area contributed by atoms with Crippen molar-refractivity contribution in [1.29, 1.82) is 0 Å². The number of hydrogen-bond donors (Lipinski definition) is 1. The summed E-state index contributed by atoms with van der Waals surface area (Å²) in [6, 6.07) is 9.45. The summed E-state index contributed by atoms with van der Waals surface area (Å²) in [7, 11) is 1.42. The van der Waals surface area contributed by atoms with Crippen LogP contribution < -0.4 is 15.0 Å². The molecule has 1 heterocycles. The number of amides is 3. The van der Waals surface area contributed by atoms with Crippen molar-refractivity contribution in [1.82, 2.24) is 10.2 Å². The maximum atomic E-state index is 12.8. The molecule has 0 aliphatic carbocycles. The van der Waals surface area contributed by atoms with E-state index in [1.807, 2.05) is 0 Å². The van der Waals surface area contributed by atoms with Crippen LogP contribution in [0.25, 0.3) is 0 Å². The van der Waals surface area contributed by atoms with Gasteiger partial charge >= 0.3 is 0 Å². The molecule has 0 unspecified atom stereocenters. The zero-order chi connectivity index (χ0) is 21.8. The fourth-order valence-electron chi connectivity index (χ4n) is 3.43. The number of ether oxygens (including phenoxy) is 1. The Morgan fingerprint density at radius 1 is 1.10 bits per heavy atom. The average Bonchev–Trinajstić information content (AvgIpc) is 3.01. The Hall–Kier alpha value is -2.90. The quantitative estimate of drug-likeness (QED) is 0.652. The molecule has 2 aromatic carbocycles. The van der Waals surface area contributed by atoms with E-state index >= 15 is 0 Å². The molecule has 3 amide bonds. The maximum absolute atomic E-state index is 12.8. The van der Waals surface area contributed by atoms with Crippen LogP contribution in [0, 0.1) is 0 Å². The first kappa shape index (κ1) is 21.8. The monoisotopic (exact) mass is 429 g/mol. The molecule has 1 N–H and O–H groups in total. The number of nitrogens with one attached hydrogen (secondary N) is 1. The molecule has 158 valence electrons. The molecule has 0 spiro atoms. The van der Waals surface area contributed by atoms with Crippen LogP contribution in [-0.4, -0.2) is 55.9 Å². The van der Waals surface area contributed by atoms with Gasteiger partial charge in [-0.3, -0.25) is 14.4 Å². The van der Waals surface area contributed by atoms with Gasteiger partial charge in [-0.25, -0.2) is 4.90 Å². The average molecular weight is 430 g/mol. The van der Waals surface area contributed by atoms with Crippen LogP contribution in [0.4, 0.5) is 5.69 Å². The van der Waals surface area contributed by atoms with E-state index in [0.717, 1.165) is 24.5 Å². The molecule has 2 aromatic rings. The number of carbonyl (C=O) groups is 3. The van der Waals surface area contributed by atoms with Gasteiger partial charge in [0.05, 0.1) is 34.5 Å². The molecular formula is C22H24ClN3O4. The minimum absolute atomic E-state index is 0.110. The maximum Gasteiger partial charge on any atom is 0.266 e. The van der Waals surface area contributed by atoms with Crippen LogP contribution in [-0.2, 0) is 0 Å². The number of rotatable bonds is 8. The van der Waals surface area contributed by atoms with E-state index in [2.05, 4.69) is 24.1 Å². The summed E-state index contributed by atoms with van der Waals surface area (Å²) < 4.78 is 5.36. The number of halogens is 1. The summed E-state index contributed by atoms with van der Waals surface area (Å²) in [5, 5.41) is 2.96. The first-order valence-electron chi connectivity index (χ1n) is 9.78. The molecule has 0 saturated carbocycles. The van der Waals surface area contributed by atoms with Gasteiger partial charge in [0, 0.05) is 19.2 Å². The zero-order valence-electron chi connectivity index (χ0n) is 17.2. The summed E-state index contributed by atoms with van der Waals surface area (Å²) >= 11 is 6.40. The second kappa shape index (κ2) is 9.28. The molecule has 1 aliphatic heterocycles. The van der Waals surface area contributed by atoms with Gasteiger partial charge in [0.15, 0.2) is 0 Å². The summed E-state index contributed by atoms with van der Waals surface area (Å²) in [5.74, 6) is -1.03. The number of nitrogens with zero attached hydrogens (tertiary/aromatic N) is 2. The Bertz CT molecular complexity index is 953. The summed E-state index contributed by atoms with van der Waals surface area (Å²) in [6.45, 7) is 7.12. The third kappa shape index (κ3) is 4.04. The van der Waals surface area contributed by atoms with Crippen LogP contribution in [0.2, 0.25) is 5.02 Å². The van der Waals surface area contributed by atoms with Crippen molar-refractivity contribution in [3.63, 3.8) is 0 Å². The minimum atomic E-state index is -0.462. The highest BCUT2D eigenvalue weighted by Gasteiger charge is 2.38. The van der Waals surface area contributed by atoms with Crippen LogP contribution in [0.3, 0.4) is 0 Å². The number of hydrogen-bond acceptors (Lipinski definition) is 5. The van der Waals surface area contributed by atoms with Crippen LogP contribution in [0.15, 0.2) is 36.4 Å². The molecule has 8 heteroatoms. The molecule has 0 radical (unpaired) electrons. The van der Waals surface area contributed by atoms with Crippen molar-refractivity contribution in [3.05, 3.63) is 58.1 Å². The third-order valence-corrected chi connectivity index (χ3v) is 5.46. The highest BCUT2D eigenvalue weighted by Crippen LogP contribution is 2.37. The fraction of sp³-hybridized carbons (Fsp3) is 0.318. The largest absolute Gasteiger partial charge is 0.496 e. The Morgan fingerprint density at radius 2 is 1.70 bits per heavy atom. The van der Waals surface area contributed by atoms with Crippen molar-refractivity contribution in [2.45, 2.75) is 13.8 Å². The number of likely N-dealkylation sites (N-methyl/N-ethyl adjacent to an activating group) is 1. The van der Waals surface area contributed by atoms with Gasteiger partial charge in [0.2, 0.25) is 0 Å². The van der Waals surface area contributed by atoms with E-state index in [1.54, 1.807) is 24.3 Å². The van der Waals surface area contributed by atoms with E-state index < -0.39 is 11.8 Å². The van der Waals surface area contributed by atoms with Gasteiger partial charge in [-0.2, -0.15) is 0 Å². The minimum Gasteiger partial charge on any atom is -0.496 e. The normalized spacial score (nSPS) is 13.0. The first-order chi connectivity index (χ1) is 14.4. The van der Waals surface area contributed by atoms with E-state index in [1.165, 1.54) is 19.2 Å². The number of carbonyl (C=O) groups excluding carboxylic acids is 3. The van der Waals surface area contributed by atoms with E-state index in [-0.39, 0.29) is 27.9 Å². The van der Waals surface area contributed by atoms with Crippen molar-refractivity contribution in [2.75, 3.05) is 38.2 Å². The highest BCUT2D eigenvalue weighted by molar-refractivity contribution is 6.40. The van der Waals surface area contributed by atoms with Gasteiger partial charge in [0.1, 0.15) is 5.75 Å². The van der Waals surface area contributed by atoms with Gasteiger partial charge in [-0.1, -0.05) is 37.6 Å². The van der Waals surface area contributed by atoms with Gasteiger partial charge < -0.3 is 15.0 Å². The second-order valence-corrected chi connectivity index (χ2v) is 7.19. The van der Waals surface area contributed by atoms with E-state index in [4.69, 9.17) is 16.3 Å². The predicted molar refractivity (Wildman–Crippen MR) is 116 cm³/mol. The van der Waals surface area contributed by atoms with Crippen molar-refractivity contribution >= 4 is 35.0 Å². The topological polar surface area (TPSA) is 79.0 Å². The van der Waals surface area contributed by atoms with Crippen molar-refractivity contribution < 1.29 is 19.1 Å². The molecular weight excluding hydrogens is 406 g/mol. The molecule has 0 bridgehead atoms. The molecule has 0 saturated heterocycles. The molecule has 0 aromatic heterocycles. The molecule has 1 aliphatic rings. The van der Waals surface area contributed by atoms with E-state index in [0.29, 0.717) is 17.7 Å². The summed E-state index contributed by atoms with van der Waals surface area (Å²) in [5.41, 5.74) is 1.05. The number of benzene rings is 2. The summed E-state index contributed by atoms with van der Waals surface area (Å²) in [4.78, 5) is 41.4. The Balaban J connectivity index is 1.86.